The number of hydrogen-bond donors (Lipinski definition) is 1. The third-order valence-electron chi connectivity index (χ3n) is 5.38. The maximum absolute atomic E-state index is 12.0. The maximum atomic E-state index is 12.0. The van der Waals surface area contributed by atoms with E-state index >= 15 is 0 Å². The molecule has 2 aliphatic rings. The Balaban J connectivity index is 1.87. The molecule has 120 valence electrons. The van der Waals surface area contributed by atoms with Crippen molar-refractivity contribution in [3.63, 3.8) is 0 Å². The lowest BCUT2D eigenvalue weighted by atomic mass is 9.69. The van der Waals surface area contributed by atoms with Gasteiger partial charge in [-0.25, -0.2) is 0 Å². The average molecular weight is 302 g/mol. The van der Waals surface area contributed by atoms with E-state index < -0.39 is 11.4 Å². The van der Waals surface area contributed by atoms with Gasteiger partial charge in [0.1, 0.15) is 0 Å². The van der Waals surface area contributed by atoms with Gasteiger partial charge in [-0.05, 0) is 37.6 Å². The maximum Gasteiger partial charge on any atom is 0.314 e. The third-order valence-corrected chi connectivity index (χ3v) is 5.38. The van der Waals surface area contributed by atoms with Crippen molar-refractivity contribution in [2.24, 2.45) is 0 Å². The predicted octanol–water partition coefficient (Wildman–Crippen LogP) is 2.72. The molecule has 0 amide bonds. The molecule has 4 nitrogen and oxygen atoms in total. The molecule has 1 aliphatic heterocycles. The van der Waals surface area contributed by atoms with Crippen LogP contribution in [0.3, 0.4) is 0 Å². The number of carboxylic acid groups (broad SMARTS) is 1. The number of piperazine rings is 1. The number of rotatable bonds is 3. The van der Waals surface area contributed by atoms with Crippen LogP contribution in [0.2, 0.25) is 0 Å². The van der Waals surface area contributed by atoms with Crippen LogP contribution in [0.15, 0.2) is 24.3 Å². The first-order valence-corrected chi connectivity index (χ1v) is 8.39. The van der Waals surface area contributed by atoms with Gasteiger partial charge in [-0.15, -0.1) is 0 Å². The van der Waals surface area contributed by atoms with Crippen LogP contribution in [0.5, 0.6) is 0 Å². The van der Waals surface area contributed by atoms with E-state index in [9.17, 15) is 9.90 Å². The molecule has 0 unspecified atom stereocenters. The van der Waals surface area contributed by atoms with Crippen LogP contribution >= 0.6 is 0 Å². The van der Waals surface area contributed by atoms with Crippen molar-refractivity contribution < 1.29 is 9.90 Å². The van der Waals surface area contributed by atoms with Crippen molar-refractivity contribution in [1.82, 2.24) is 4.90 Å². The van der Waals surface area contributed by atoms with Crippen LogP contribution in [0.4, 0.5) is 5.69 Å². The lowest BCUT2D eigenvalue weighted by Crippen LogP contribution is -2.44. The highest BCUT2D eigenvalue weighted by atomic mass is 16.4. The molecule has 0 atom stereocenters. The Morgan fingerprint density at radius 2 is 1.77 bits per heavy atom. The van der Waals surface area contributed by atoms with Crippen LogP contribution in [0.25, 0.3) is 0 Å². The minimum absolute atomic E-state index is 0.650. The Morgan fingerprint density at radius 3 is 2.41 bits per heavy atom. The highest BCUT2D eigenvalue weighted by Gasteiger charge is 2.41. The molecule has 0 bridgehead atoms. The molecule has 1 saturated heterocycles. The number of nitrogens with zero attached hydrogens (tertiary/aromatic N) is 2. The monoisotopic (exact) mass is 302 g/mol. The topological polar surface area (TPSA) is 43.8 Å². The Hall–Kier alpha value is -1.55. The van der Waals surface area contributed by atoms with Crippen LogP contribution < -0.4 is 4.90 Å². The van der Waals surface area contributed by atoms with Gasteiger partial charge in [0.25, 0.3) is 0 Å². The highest BCUT2D eigenvalue weighted by Crippen LogP contribution is 2.40. The number of hydrogen-bond acceptors (Lipinski definition) is 3. The van der Waals surface area contributed by atoms with Crippen molar-refractivity contribution in [2.45, 2.75) is 37.5 Å². The summed E-state index contributed by atoms with van der Waals surface area (Å²) in [5.74, 6) is -0.650. The van der Waals surface area contributed by atoms with Crippen molar-refractivity contribution in [3.8, 4) is 0 Å². The summed E-state index contributed by atoms with van der Waals surface area (Å²) in [7, 11) is 2.15. The van der Waals surface area contributed by atoms with Crippen molar-refractivity contribution in [1.29, 1.82) is 0 Å². The number of benzene rings is 1. The molecule has 1 heterocycles. The zero-order valence-electron chi connectivity index (χ0n) is 13.4. The lowest BCUT2D eigenvalue weighted by molar-refractivity contribution is -0.145. The van der Waals surface area contributed by atoms with Gasteiger partial charge in [-0.2, -0.15) is 0 Å². The fourth-order valence-corrected chi connectivity index (χ4v) is 3.85. The molecule has 1 N–H and O–H groups in total. The van der Waals surface area contributed by atoms with E-state index in [1.165, 1.54) is 5.69 Å². The highest BCUT2D eigenvalue weighted by molar-refractivity contribution is 5.82. The van der Waals surface area contributed by atoms with Crippen molar-refractivity contribution in [2.75, 3.05) is 38.1 Å². The van der Waals surface area contributed by atoms with Gasteiger partial charge < -0.3 is 14.9 Å². The second-order valence-corrected chi connectivity index (χ2v) is 6.79. The smallest absolute Gasteiger partial charge is 0.314 e. The fraction of sp³-hybridized carbons (Fsp3) is 0.611. The molecule has 0 spiro atoms. The van der Waals surface area contributed by atoms with Gasteiger partial charge >= 0.3 is 5.97 Å². The summed E-state index contributed by atoms with van der Waals surface area (Å²) in [6.45, 7) is 4.16. The lowest BCUT2D eigenvalue weighted by Gasteiger charge is -2.36. The molecule has 2 fully saturated rings. The van der Waals surface area contributed by atoms with Gasteiger partial charge in [0, 0.05) is 31.9 Å². The first kappa shape index (κ1) is 15.3. The standard InChI is InChI=1S/C18H26N2O2/c1-19-10-12-20(13-11-19)16-7-5-6-15(14-16)18(17(21)22)8-3-2-4-9-18/h5-7,14H,2-4,8-13H2,1H3,(H,21,22). The fourth-order valence-electron chi connectivity index (χ4n) is 3.85. The Kier molecular flexibility index (Phi) is 4.39. The second-order valence-electron chi connectivity index (χ2n) is 6.79. The molecular weight excluding hydrogens is 276 g/mol. The van der Waals surface area contributed by atoms with Gasteiger partial charge in [-0.1, -0.05) is 31.4 Å². The summed E-state index contributed by atoms with van der Waals surface area (Å²) in [4.78, 5) is 16.7. The summed E-state index contributed by atoms with van der Waals surface area (Å²) in [6, 6.07) is 8.29. The quantitative estimate of drug-likeness (QED) is 0.932. The third kappa shape index (κ3) is 2.84. The van der Waals surface area contributed by atoms with Crippen molar-refractivity contribution in [3.05, 3.63) is 29.8 Å². The number of aliphatic carboxylic acids is 1. The van der Waals surface area contributed by atoms with Crippen LogP contribution in [-0.4, -0.2) is 49.2 Å². The number of likely N-dealkylation sites (N-methyl/N-ethyl adjacent to an activating group) is 1. The molecule has 1 aliphatic carbocycles. The normalized spacial score (nSPS) is 22.5. The number of carboxylic acids is 1. The van der Waals surface area contributed by atoms with Gasteiger partial charge in [0.05, 0.1) is 5.41 Å². The SMILES string of the molecule is CN1CCN(c2cccc(C3(C(=O)O)CCCCC3)c2)CC1. The molecule has 22 heavy (non-hydrogen) atoms. The Bertz CT molecular complexity index is 530. The summed E-state index contributed by atoms with van der Waals surface area (Å²) in [5, 5.41) is 9.86. The first-order chi connectivity index (χ1) is 10.6. The molecular formula is C18H26N2O2. The first-order valence-electron chi connectivity index (χ1n) is 8.39. The zero-order chi connectivity index (χ0) is 15.6. The van der Waals surface area contributed by atoms with E-state index in [0.29, 0.717) is 0 Å². The van der Waals surface area contributed by atoms with E-state index in [1.54, 1.807) is 0 Å². The van der Waals surface area contributed by atoms with Gasteiger partial charge in [-0.3, -0.25) is 4.79 Å². The van der Waals surface area contributed by atoms with Crippen molar-refractivity contribution >= 4 is 11.7 Å². The summed E-state index contributed by atoms with van der Waals surface area (Å²) >= 11 is 0. The minimum atomic E-state index is -0.666. The number of anilines is 1. The van der Waals surface area contributed by atoms with E-state index in [0.717, 1.165) is 63.8 Å². The van der Waals surface area contributed by atoms with Gasteiger partial charge in [0.2, 0.25) is 0 Å². The molecule has 1 aromatic rings. The number of carbonyl (C=O) groups is 1. The Labute approximate surface area is 132 Å². The second kappa shape index (κ2) is 6.29. The molecule has 1 saturated carbocycles. The summed E-state index contributed by atoms with van der Waals surface area (Å²) in [6.07, 6.45) is 4.74. The predicted molar refractivity (Wildman–Crippen MR) is 88.6 cm³/mol. The summed E-state index contributed by atoms with van der Waals surface area (Å²) < 4.78 is 0. The van der Waals surface area contributed by atoms with E-state index in [2.05, 4.69) is 29.0 Å². The van der Waals surface area contributed by atoms with Crippen LogP contribution in [-0.2, 0) is 10.2 Å². The van der Waals surface area contributed by atoms with E-state index in [-0.39, 0.29) is 0 Å². The molecule has 3 rings (SSSR count). The largest absolute Gasteiger partial charge is 0.481 e. The molecule has 0 aromatic heterocycles. The average Bonchev–Trinajstić information content (AvgIpc) is 2.56. The molecule has 4 heteroatoms. The van der Waals surface area contributed by atoms with E-state index in [4.69, 9.17) is 0 Å². The summed E-state index contributed by atoms with van der Waals surface area (Å²) in [5.41, 5.74) is 1.51. The zero-order valence-corrected chi connectivity index (χ0v) is 13.4. The van der Waals surface area contributed by atoms with E-state index in [1.807, 2.05) is 12.1 Å². The molecule has 1 aromatic carbocycles. The Morgan fingerprint density at radius 1 is 1.09 bits per heavy atom. The minimum Gasteiger partial charge on any atom is -0.481 e. The molecule has 0 radical (unpaired) electrons. The van der Waals surface area contributed by atoms with Crippen LogP contribution in [0.1, 0.15) is 37.7 Å². The van der Waals surface area contributed by atoms with Crippen LogP contribution in [0, 0.1) is 0 Å². The van der Waals surface area contributed by atoms with Gasteiger partial charge in [0.15, 0.2) is 0 Å².